The predicted octanol–water partition coefficient (Wildman–Crippen LogP) is 1.88. The van der Waals surface area contributed by atoms with E-state index in [0.29, 0.717) is 25.6 Å². The fourth-order valence-electron chi connectivity index (χ4n) is 1.66. The number of nitrogens with zero attached hydrogens (tertiary/aromatic N) is 2. The molecule has 0 spiro atoms. The summed E-state index contributed by atoms with van der Waals surface area (Å²) in [7, 11) is 0. The van der Waals surface area contributed by atoms with E-state index in [9.17, 15) is 9.59 Å². The summed E-state index contributed by atoms with van der Waals surface area (Å²) in [5.41, 5.74) is 0. The van der Waals surface area contributed by atoms with Crippen LogP contribution in [-0.2, 0) is 4.79 Å². The maximum Gasteiger partial charge on any atom is 0.323 e. The maximum absolute atomic E-state index is 12.1. The summed E-state index contributed by atoms with van der Waals surface area (Å²) in [4.78, 5) is 25.9. The first-order valence-corrected chi connectivity index (χ1v) is 6.17. The van der Waals surface area contributed by atoms with Crippen LogP contribution in [0.15, 0.2) is 0 Å². The van der Waals surface area contributed by atoms with E-state index in [1.807, 2.05) is 27.7 Å². The molecule has 0 saturated carbocycles. The number of carbonyl (C=O) groups is 2. The lowest BCUT2D eigenvalue weighted by Gasteiger charge is -2.29. The molecule has 1 N–H and O–H groups in total. The molecule has 5 nitrogen and oxygen atoms in total. The molecule has 0 unspecified atom stereocenters. The normalized spacial score (nSPS) is 10.4. The third kappa shape index (κ3) is 6.14. The second-order valence-electron chi connectivity index (χ2n) is 4.53. The maximum atomic E-state index is 12.1. The van der Waals surface area contributed by atoms with Crippen molar-refractivity contribution in [3.05, 3.63) is 0 Å². The molecule has 100 valence electrons. The summed E-state index contributed by atoms with van der Waals surface area (Å²) >= 11 is 0. The van der Waals surface area contributed by atoms with Crippen LogP contribution in [0.4, 0.5) is 4.79 Å². The number of amides is 2. The van der Waals surface area contributed by atoms with E-state index in [2.05, 4.69) is 0 Å². The molecule has 0 aromatic heterocycles. The van der Waals surface area contributed by atoms with Gasteiger partial charge in [0.15, 0.2) is 0 Å². The van der Waals surface area contributed by atoms with Crippen molar-refractivity contribution in [3.63, 3.8) is 0 Å². The van der Waals surface area contributed by atoms with E-state index in [1.54, 1.807) is 4.90 Å². The Balaban J connectivity index is 4.59. The van der Waals surface area contributed by atoms with Gasteiger partial charge in [-0.25, -0.2) is 4.79 Å². The van der Waals surface area contributed by atoms with Crippen LogP contribution in [0.2, 0.25) is 0 Å². The third-order valence-corrected chi connectivity index (χ3v) is 2.33. The van der Waals surface area contributed by atoms with Gasteiger partial charge < -0.3 is 14.9 Å². The molecule has 0 saturated heterocycles. The number of hydrogen-bond donors (Lipinski definition) is 1. The van der Waals surface area contributed by atoms with Gasteiger partial charge in [0.25, 0.3) is 0 Å². The minimum Gasteiger partial charge on any atom is -0.480 e. The first-order chi connectivity index (χ1) is 7.92. The third-order valence-electron chi connectivity index (χ3n) is 2.33. The van der Waals surface area contributed by atoms with E-state index in [1.165, 1.54) is 4.90 Å². The molecule has 0 aliphatic rings. The van der Waals surface area contributed by atoms with Gasteiger partial charge in [-0.3, -0.25) is 4.79 Å². The minimum absolute atomic E-state index is 0.176. The Kier molecular flexibility index (Phi) is 7.34. The monoisotopic (exact) mass is 244 g/mol. The van der Waals surface area contributed by atoms with Crippen molar-refractivity contribution in [1.82, 2.24) is 9.80 Å². The second kappa shape index (κ2) is 7.92. The topological polar surface area (TPSA) is 60.9 Å². The SMILES string of the molecule is CCCN(CC(=O)O)C(=O)N(CC)CC(C)C. The first kappa shape index (κ1) is 15.7. The lowest BCUT2D eigenvalue weighted by molar-refractivity contribution is -0.137. The Morgan fingerprint density at radius 3 is 2.12 bits per heavy atom. The van der Waals surface area contributed by atoms with Gasteiger partial charge in [0.05, 0.1) is 0 Å². The van der Waals surface area contributed by atoms with Crippen LogP contribution in [0.5, 0.6) is 0 Å². The summed E-state index contributed by atoms with van der Waals surface area (Å²) in [6.45, 7) is 9.45. The van der Waals surface area contributed by atoms with Crippen LogP contribution < -0.4 is 0 Å². The van der Waals surface area contributed by atoms with Gasteiger partial charge in [0.1, 0.15) is 6.54 Å². The number of urea groups is 1. The highest BCUT2D eigenvalue weighted by Crippen LogP contribution is 2.04. The quantitative estimate of drug-likeness (QED) is 0.744. The van der Waals surface area contributed by atoms with E-state index in [0.717, 1.165) is 6.42 Å². The Morgan fingerprint density at radius 1 is 1.18 bits per heavy atom. The summed E-state index contributed by atoms with van der Waals surface area (Å²) in [6, 6.07) is -0.176. The second-order valence-corrected chi connectivity index (χ2v) is 4.53. The molecule has 0 fully saturated rings. The van der Waals surface area contributed by atoms with Crippen molar-refractivity contribution in [1.29, 1.82) is 0 Å². The van der Waals surface area contributed by atoms with Crippen molar-refractivity contribution in [2.75, 3.05) is 26.2 Å². The molecule has 0 rings (SSSR count). The smallest absolute Gasteiger partial charge is 0.323 e. The van der Waals surface area contributed by atoms with Gasteiger partial charge in [-0.05, 0) is 19.3 Å². The summed E-state index contributed by atoms with van der Waals surface area (Å²) < 4.78 is 0. The molecule has 5 heteroatoms. The standard InChI is InChI=1S/C12H24N2O3/c1-5-7-14(9-11(15)16)12(17)13(6-2)8-10(3)4/h10H,5-9H2,1-4H3,(H,15,16). The van der Waals surface area contributed by atoms with Crippen molar-refractivity contribution in [2.45, 2.75) is 34.1 Å². The molecule has 0 radical (unpaired) electrons. The number of carbonyl (C=O) groups excluding carboxylic acids is 1. The average Bonchev–Trinajstić information content (AvgIpc) is 2.23. The van der Waals surface area contributed by atoms with Crippen molar-refractivity contribution >= 4 is 12.0 Å². The fourth-order valence-corrected chi connectivity index (χ4v) is 1.66. The van der Waals surface area contributed by atoms with E-state index >= 15 is 0 Å². The van der Waals surface area contributed by atoms with E-state index in [4.69, 9.17) is 5.11 Å². The Morgan fingerprint density at radius 2 is 1.76 bits per heavy atom. The molecule has 0 aliphatic carbocycles. The summed E-state index contributed by atoms with van der Waals surface area (Å²) in [5, 5.41) is 8.78. The molecule has 0 aromatic rings. The largest absolute Gasteiger partial charge is 0.480 e. The van der Waals surface area contributed by atoms with Crippen LogP contribution in [0, 0.1) is 5.92 Å². The van der Waals surface area contributed by atoms with E-state index < -0.39 is 5.97 Å². The fraction of sp³-hybridized carbons (Fsp3) is 0.833. The van der Waals surface area contributed by atoms with Crippen LogP contribution in [0.25, 0.3) is 0 Å². The molecule has 0 aliphatic heterocycles. The van der Waals surface area contributed by atoms with Gasteiger partial charge in [-0.1, -0.05) is 20.8 Å². The number of hydrogen-bond acceptors (Lipinski definition) is 2. The van der Waals surface area contributed by atoms with Crippen LogP contribution in [0.1, 0.15) is 34.1 Å². The highest BCUT2D eigenvalue weighted by molar-refractivity contribution is 5.80. The first-order valence-electron chi connectivity index (χ1n) is 6.17. The number of carboxylic acids is 1. The van der Waals surface area contributed by atoms with E-state index in [-0.39, 0.29) is 12.6 Å². The zero-order valence-corrected chi connectivity index (χ0v) is 11.3. The summed E-state index contributed by atoms with van der Waals surface area (Å²) in [5.74, 6) is -0.584. The van der Waals surface area contributed by atoms with Crippen LogP contribution >= 0.6 is 0 Å². The predicted molar refractivity (Wildman–Crippen MR) is 67.0 cm³/mol. The number of carboxylic acid groups (broad SMARTS) is 1. The number of rotatable bonds is 7. The van der Waals surface area contributed by atoms with Gasteiger partial charge in [-0.15, -0.1) is 0 Å². The molecule has 17 heavy (non-hydrogen) atoms. The van der Waals surface area contributed by atoms with Gasteiger partial charge in [0.2, 0.25) is 0 Å². The highest BCUT2D eigenvalue weighted by atomic mass is 16.4. The molecule has 2 amide bonds. The molecule has 0 heterocycles. The molecule has 0 bridgehead atoms. The minimum atomic E-state index is -0.965. The molecular weight excluding hydrogens is 220 g/mol. The zero-order chi connectivity index (χ0) is 13.4. The van der Waals surface area contributed by atoms with Crippen LogP contribution in [-0.4, -0.2) is 53.1 Å². The van der Waals surface area contributed by atoms with Crippen molar-refractivity contribution < 1.29 is 14.7 Å². The molecule has 0 atom stereocenters. The Hall–Kier alpha value is -1.26. The summed E-state index contributed by atoms with van der Waals surface area (Å²) in [6.07, 6.45) is 0.762. The van der Waals surface area contributed by atoms with Crippen molar-refractivity contribution in [3.8, 4) is 0 Å². The Labute approximate surface area is 103 Å². The van der Waals surface area contributed by atoms with Gasteiger partial charge >= 0.3 is 12.0 Å². The number of aliphatic carboxylic acids is 1. The Bertz CT molecular complexity index is 254. The van der Waals surface area contributed by atoms with Gasteiger partial charge in [0, 0.05) is 19.6 Å². The van der Waals surface area contributed by atoms with Gasteiger partial charge in [-0.2, -0.15) is 0 Å². The van der Waals surface area contributed by atoms with Crippen LogP contribution in [0.3, 0.4) is 0 Å². The zero-order valence-electron chi connectivity index (χ0n) is 11.3. The molecular formula is C12H24N2O3. The average molecular weight is 244 g/mol. The lowest BCUT2D eigenvalue weighted by Crippen LogP contribution is -2.46. The highest BCUT2D eigenvalue weighted by Gasteiger charge is 2.21. The van der Waals surface area contributed by atoms with Crippen molar-refractivity contribution in [2.24, 2.45) is 5.92 Å². The lowest BCUT2D eigenvalue weighted by atomic mass is 10.2. The molecule has 0 aromatic carbocycles.